The summed E-state index contributed by atoms with van der Waals surface area (Å²) in [6, 6.07) is 1.26. The van der Waals surface area contributed by atoms with E-state index in [4.69, 9.17) is 0 Å². The van der Waals surface area contributed by atoms with Crippen molar-refractivity contribution in [3.05, 3.63) is 38.7 Å². The molecule has 0 spiro atoms. The minimum atomic E-state index is -4.53. The van der Waals surface area contributed by atoms with Crippen LogP contribution in [0.4, 0.5) is 19.0 Å². The zero-order chi connectivity index (χ0) is 22.3. The third-order valence-electron chi connectivity index (χ3n) is 5.47. The summed E-state index contributed by atoms with van der Waals surface area (Å²) >= 11 is 2.55. The summed E-state index contributed by atoms with van der Waals surface area (Å²) in [5, 5.41) is 4.95. The molecule has 11 heteroatoms. The van der Waals surface area contributed by atoms with Crippen molar-refractivity contribution in [2.45, 2.75) is 26.1 Å². The Labute approximate surface area is 185 Å². The van der Waals surface area contributed by atoms with Crippen LogP contribution in [0.5, 0.6) is 0 Å². The number of amides is 1. The van der Waals surface area contributed by atoms with E-state index in [0.29, 0.717) is 26.2 Å². The van der Waals surface area contributed by atoms with E-state index in [1.807, 2.05) is 18.0 Å². The Morgan fingerprint density at radius 1 is 1.26 bits per heavy atom. The van der Waals surface area contributed by atoms with Gasteiger partial charge in [0.2, 0.25) is 0 Å². The van der Waals surface area contributed by atoms with Crippen LogP contribution in [0.2, 0.25) is 0 Å². The minimum absolute atomic E-state index is 0.0127. The predicted octanol–water partition coefficient (Wildman–Crippen LogP) is 4.32. The Balaban J connectivity index is 1.61. The van der Waals surface area contributed by atoms with E-state index in [1.54, 1.807) is 11.3 Å². The molecule has 1 unspecified atom stereocenters. The van der Waals surface area contributed by atoms with Gasteiger partial charge in [-0.3, -0.25) is 9.69 Å². The number of piperazine rings is 1. The van der Waals surface area contributed by atoms with E-state index >= 15 is 0 Å². The first-order valence-electron chi connectivity index (χ1n) is 9.82. The van der Waals surface area contributed by atoms with Gasteiger partial charge < -0.3 is 10.2 Å². The number of halogens is 3. The van der Waals surface area contributed by atoms with E-state index in [9.17, 15) is 18.0 Å². The van der Waals surface area contributed by atoms with Crippen molar-refractivity contribution >= 4 is 44.6 Å². The van der Waals surface area contributed by atoms with Crippen LogP contribution in [0.1, 0.15) is 38.8 Å². The van der Waals surface area contributed by atoms with Gasteiger partial charge in [0.05, 0.1) is 27.4 Å². The van der Waals surface area contributed by atoms with Gasteiger partial charge in [-0.15, -0.1) is 22.7 Å². The molecule has 4 heterocycles. The molecule has 1 aliphatic heterocycles. The number of fused-ring (bicyclic) bond motifs is 1. The van der Waals surface area contributed by atoms with Gasteiger partial charge in [0.15, 0.2) is 0 Å². The zero-order valence-corrected chi connectivity index (χ0v) is 18.9. The first kappa shape index (κ1) is 22.0. The number of anilines is 1. The lowest BCUT2D eigenvalue weighted by Crippen LogP contribution is -2.47. The summed E-state index contributed by atoms with van der Waals surface area (Å²) in [6.07, 6.45) is -2.67. The van der Waals surface area contributed by atoms with Crippen LogP contribution in [-0.2, 0) is 6.18 Å². The first-order chi connectivity index (χ1) is 14.7. The Hall–Kier alpha value is -2.24. The molecule has 1 N–H and O–H groups in total. The minimum Gasteiger partial charge on any atom is -0.355 e. The van der Waals surface area contributed by atoms with Crippen molar-refractivity contribution < 1.29 is 18.0 Å². The number of thiophene rings is 1. The SMILES string of the molecule is CNC(=O)c1csc2c(C(F)(F)F)cc(N3CCN(C(C)c4ncc(C)s4)CC3)nc12. The quantitative estimate of drug-likeness (QED) is 0.617. The van der Waals surface area contributed by atoms with Crippen molar-refractivity contribution in [3.63, 3.8) is 0 Å². The van der Waals surface area contributed by atoms with Gasteiger partial charge in [0, 0.05) is 49.7 Å². The monoisotopic (exact) mass is 469 g/mol. The second-order valence-corrected chi connectivity index (χ2v) is 9.59. The number of pyridine rings is 1. The molecule has 0 bridgehead atoms. The number of nitrogens with zero attached hydrogens (tertiary/aromatic N) is 4. The molecule has 3 aromatic heterocycles. The highest BCUT2D eigenvalue weighted by Gasteiger charge is 2.36. The highest BCUT2D eigenvalue weighted by Crippen LogP contribution is 2.40. The standard InChI is InChI=1S/C20H22F3N5OS2/c1-11-9-25-19(31-11)12(2)27-4-6-28(7-5-27)15-8-14(20(21,22)23)17-16(26-15)13(10-30-17)18(29)24-3/h8-10,12H,4-7H2,1-3H3,(H,24,29). The van der Waals surface area contributed by atoms with Gasteiger partial charge in [-0.1, -0.05) is 0 Å². The van der Waals surface area contributed by atoms with Gasteiger partial charge in [-0.2, -0.15) is 13.2 Å². The Bertz CT molecular complexity index is 1100. The summed E-state index contributed by atoms with van der Waals surface area (Å²) in [5.41, 5.74) is -0.480. The van der Waals surface area contributed by atoms with Crippen LogP contribution in [0, 0.1) is 6.92 Å². The smallest absolute Gasteiger partial charge is 0.355 e. The first-order valence-corrected chi connectivity index (χ1v) is 11.5. The van der Waals surface area contributed by atoms with Crippen molar-refractivity contribution in [2.75, 3.05) is 38.1 Å². The average Bonchev–Trinajstić information content (AvgIpc) is 3.37. The van der Waals surface area contributed by atoms with E-state index in [2.05, 4.69) is 27.1 Å². The van der Waals surface area contributed by atoms with Gasteiger partial charge in [-0.05, 0) is 19.9 Å². The lowest BCUT2D eigenvalue weighted by atomic mass is 10.1. The Kier molecular flexibility index (Phi) is 5.93. The molecule has 0 saturated carbocycles. The number of hydrogen-bond donors (Lipinski definition) is 1. The summed E-state index contributed by atoms with van der Waals surface area (Å²) in [4.78, 5) is 26.4. The number of aromatic nitrogens is 2. The van der Waals surface area contributed by atoms with Crippen LogP contribution in [-0.4, -0.2) is 54.0 Å². The van der Waals surface area contributed by atoms with Gasteiger partial charge >= 0.3 is 6.18 Å². The maximum Gasteiger partial charge on any atom is 0.417 e. The number of alkyl halides is 3. The summed E-state index contributed by atoms with van der Waals surface area (Å²) in [5.74, 6) is -0.192. The number of hydrogen-bond acceptors (Lipinski definition) is 7. The molecular formula is C20H22F3N5OS2. The van der Waals surface area contributed by atoms with E-state index in [0.717, 1.165) is 27.3 Å². The largest absolute Gasteiger partial charge is 0.417 e. The third kappa shape index (κ3) is 4.26. The molecule has 1 amide bonds. The van der Waals surface area contributed by atoms with Gasteiger partial charge in [0.25, 0.3) is 5.91 Å². The van der Waals surface area contributed by atoms with Crippen molar-refractivity contribution in [2.24, 2.45) is 0 Å². The molecule has 31 heavy (non-hydrogen) atoms. The lowest BCUT2D eigenvalue weighted by Gasteiger charge is -2.38. The van der Waals surface area contributed by atoms with Crippen LogP contribution in [0.3, 0.4) is 0 Å². The molecule has 6 nitrogen and oxygen atoms in total. The number of nitrogens with one attached hydrogen (secondary N) is 1. The van der Waals surface area contributed by atoms with Crippen molar-refractivity contribution in [1.29, 1.82) is 0 Å². The average molecular weight is 470 g/mol. The number of aryl methyl sites for hydroxylation is 1. The molecule has 4 rings (SSSR count). The highest BCUT2D eigenvalue weighted by molar-refractivity contribution is 7.17. The number of rotatable bonds is 4. The fourth-order valence-corrected chi connectivity index (χ4v) is 5.61. The van der Waals surface area contributed by atoms with E-state index < -0.39 is 17.6 Å². The van der Waals surface area contributed by atoms with Gasteiger partial charge in [-0.25, -0.2) is 9.97 Å². The summed E-state index contributed by atoms with van der Waals surface area (Å²) < 4.78 is 41.3. The van der Waals surface area contributed by atoms with E-state index in [1.165, 1.54) is 12.4 Å². The fourth-order valence-electron chi connectivity index (χ4n) is 3.72. The molecule has 1 fully saturated rings. The lowest BCUT2D eigenvalue weighted by molar-refractivity contribution is -0.136. The molecule has 166 valence electrons. The van der Waals surface area contributed by atoms with Gasteiger partial charge in [0.1, 0.15) is 10.8 Å². The number of thiazole rings is 1. The third-order valence-corrected chi connectivity index (χ3v) is 7.55. The molecule has 0 aromatic carbocycles. The highest BCUT2D eigenvalue weighted by atomic mass is 32.1. The van der Waals surface area contributed by atoms with E-state index in [-0.39, 0.29) is 27.6 Å². The van der Waals surface area contributed by atoms with Crippen LogP contribution < -0.4 is 10.2 Å². The van der Waals surface area contributed by atoms with Crippen LogP contribution >= 0.6 is 22.7 Å². The summed E-state index contributed by atoms with van der Waals surface area (Å²) in [7, 11) is 1.45. The Morgan fingerprint density at radius 2 is 1.97 bits per heavy atom. The Morgan fingerprint density at radius 3 is 2.55 bits per heavy atom. The summed E-state index contributed by atoms with van der Waals surface area (Å²) in [6.45, 7) is 6.58. The van der Waals surface area contributed by atoms with Crippen molar-refractivity contribution in [1.82, 2.24) is 20.2 Å². The normalized spacial score (nSPS) is 16.6. The molecule has 0 radical (unpaired) electrons. The van der Waals surface area contributed by atoms with Crippen LogP contribution in [0.25, 0.3) is 10.2 Å². The topological polar surface area (TPSA) is 61.4 Å². The maximum absolute atomic E-state index is 13.8. The fraction of sp³-hybridized carbons (Fsp3) is 0.450. The molecule has 3 aromatic rings. The second-order valence-electron chi connectivity index (χ2n) is 7.44. The molecule has 1 atom stereocenters. The molecular weight excluding hydrogens is 447 g/mol. The van der Waals surface area contributed by atoms with Crippen LogP contribution in [0.15, 0.2) is 17.6 Å². The number of carbonyl (C=O) groups is 1. The van der Waals surface area contributed by atoms with Crippen molar-refractivity contribution in [3.8, 4) is 0 Å². The molecule has 0 aliphatic carbocycles. The molecule has 1 aliphatic rings. The second kappa shape index (κ2) is 8.36. The zero-order valence-electron chi connectivity index (χ0n) is 17.3. The number of carbonyl (C=O) groups excluding carboxylic acids is 1. The maximum atomic E-state index is 13.8. The predicted molar refractivity (Wildman–Crippen MR) is 117 cm³/mol. The molecule has 1 saturated heterocycles.